The number of imidazole rings is 1. The number of amides is 4. The van der Waals surface area contributed by atoms with Crippen molar-refractivity contribution in [2.45, 2.75) is 56.3 Å². The third-order valence-corrected chi connectivity index (χ3v) is 13.3. The number of halogens is 3. The first kappa shape index (κ1) is 57.9. The van der Waals surface area contributed by atoms with Crippen molar-refractivity contribution in [3.05, 3.63) is 171 Å². The molecule has 6 aromatic rings. The number of nitrogens with one attached hydrogen (secondary N) is 5. The van der Waals surface area contributed by atoms with Crippen molar-refractivity contribution in [3.8, 4) is 22.5 Å². The molecular formula is C58H50F3N7O14. The van der Waals surface area contributed by atoms with Crippen LogP contribution in [0.4, 0.5) is 13.2 Å². The van der Waals surface area contributed by atoms with Crippen LogP contribution >= 0.6 is 0 Å². The van der Waals surface area contributed by atoms with Crippen molar-refractivity contribution >= 4 is 75.5 Å². The first-order chi connectivity index (χ1) is 39.3. The van der Waals surface area contributed by atoms with Gasteiger partial charge in [0.05, 0.1) is 32.5 Å². The van der Waals surface area contributed by atoms with Gasteiger partial charge in [0.1, 0.15) is 47.1 Å². The number of H-pyrrole nitrogens is 1. The number of aromatic amines is 1. The number of esters is 3. The number of hydrogen-bond donors (Lipinski definition) is 5. The zero-order valence-electron chi connectivity index (χ0n) is 43.8. The fraction of sp³-hybridized carbons (Fsp3) is 0.224. The summed E-state index contributed by atoms with van der Waals surface area (Å²) < 4.78 is 66.7. The minimum Gasteiger partial charge on any atom is -0.469 e. The van der Waals surface area contributed by atoms with Crippen LogP contribution in [0.25, 0.3) is 44.3 Å². The Bertz CT molecular complexity index is 3810. The van der Waals surface area contributed by atoms with E-state index in [0.29, 0.717) is 22.8 Å². The quantitative estimate of drug-likeness (QED) is 0.0244. The van der Waals surface area contributed by atoms with E-state index in [1.54, 1.807) is 36.0 Å². The number of benzene rings is 5. The maximum Gasteiger partial charge on any atom is 0.338 e. The van der Waals surface area contributed by atoms with Crippen LogP contribution in [0.5, 0.6) is 0 Å². The van der Waals surface area contributed by atoms with Gasteiger partial charge in [-0.2, -0.15) is 0 Å². The van der Waals surface area contributed by atoms with Crippen molar-refractivity contribution in [3.63, 3.8) is 0 Å². The summed E-state index contributed by atoms with van der Waals surface area (Å²) in [5, 5.41) is 10.6. The van der Waals surface area contributed by atoms with Crippen LogP contribution in [0.3, 0.4) is 0 Å². The second kappa shape index (κ2) is 25.7. The Morgan fingerprint density at radius 1 is 0.720 bits per heavy atom. The van der Waals surface area contributed by atoms with E-state index in [0.717, 1.165) is 44.6 Å². The minimum atomic E-state index is -1.70. The molecule has 1 aliphatic heterocycles. The van der Waals surface area contributed by atoms with Crippen LogP contribution in [-0.2, 0) is 62.9 Å². The molecule has 4 unspecified atom stereocenters. The van der Waals surface area contributed by atoms with Crippen molar-refractivity contribution in [2.24, 2.45) is 7.05 Å². The van der Waals surface area contributed by atoms with Gasteiger partial charge in [-0.3, -0.25) is 43.2 Å². The number of Topliss-reactive ketones (excluding diaryl/α,β-unsaturated/α-hetero) is 1. The van der Waals surface area contributed by atoms with Gasteiger partial charge in [-0.05, 0) is 84.3 Å². The molecule has 4 aromatic carbocycles. The predicted molar refractivity (Wildman–Crippen MR) is 285 cm³/mol. The largest absolute Gasteiger partial charge is 0.469 e. The van der Waals surface area contributed by atoms with Gasteiger partial charge in [0, 0.05) is 89.0 Å². The Morgan fingerprint density at radius 2 is 1.39 bits per heavy atom. The number of ether oxygens (including phenoxy) is 3. The number of carbonyl (C=O) groups is 9. The van der Waals surface area contributed by atoms with Crippen molar-refractivity contribution in [1.29, 1.82) is 0 Å². The summed E-state index contributed by atoms with van der Waals surface area (Å²) in [6, 6.07) is 14.0. The number of fused-ring (bicyclic) bond motifs is 3. The maximum absolute atomic E-state index is 14.9. The van der Waals surface area contributed by atoms with Gasteiger partial charge < -0.3 is 49.4 Å². The molecule has 0 saturated heterocycles. The van der Waals surface area contributed by atoms with E-state index in [1.165, 1.54) is 61.1 Å². The molecule has 24 heteroatoms. The molecule has 422 valence electrons. The number of aromatic nitrogens is 3. The van der Waals surface area contributed by atoms with E-state index >= 15 is 0 Å². The van der Waals surface area contributed by atoms with Gasteiger partial charge in [-0.25, -0.2) is 22.9 Å². The molecule has 4 atom stereocenters. The highest BCUT2D eigenvalue weighted by atomic mass is 19.1. The summed E-state index contributed by atoms with van der Waals surface area (Å²) in [6.45, 7) is -0.890. The van der Waals surface area contributed by atoms with E-state index in [9.17, 15) is 61.1 Å². The molecule has 0 saturated carbocycles. The van der Waals surface area contributed by atoms with Gasteiger partial charge >= 0.3 is 17.9 Å². The standard InChI is InChI=1S/C58H50F3N7O14/c1-68-26-32(38-19-34(59)10-14-46(38)68)18-44(66-54(74)31-9-12-37(33(17-31)27-69)53-39-20-35(60)11-15-49(39)82-50-24-47(70)41(61)22-40(50)53)56(76)64-42(13-16-51(72)79-2)55(75)67-45(21-36-25-62-29-63-36)57(77)65-43(23-52(73)80-3)48(71)28-81-58(78)30-7-5-4-6-8-30/h4-12,14-15,17,19-20,22,24-27,29,42-45H,13,16,18,21,23,28H2,1-3H3,(H,62,63)(H,64,76)(H,65,77)(H,66,74)(H,67,75). The first-order valence-corrected chi connectivity index (χ1v) is 25.1. The van der Waals surface area contributed by atoms with Gasteiger partial charge in [0.25, 0.3) is 5.91 Å². The maximum atomic E-state index is 14.9. The molecule has 0 radical (unpaired) electrons. The number of hydrogen-bond acceptors (Lipinski definition) is 15. The van der Waals surface area contributed by atoms with E-state index in [4.69, 9.17) is 18.6 Å². The Kier molecular flexibility index (Phi) is 18.1. The molecule has 0 spiro atoms. The highest BCUT2D eigenvalue weighted by Gasteiger charge is 2.34. The zero-order valence-corrected chi connectivity index (χ0v) is 43.8. The highest BCUT2D eigenvalue weighted by molar-refractivity contribution is 6.07. The lowest BCUT2D eigenvalue weighted by Gasteiger charge is -2.26. The third-order valence-electron chi connectivity index (χ3n) is 13.3. The Hall–Kier alpha value is -10.3. The molecule has 2 aliphatic rings. The molecule has 82 heavy (non-hydrogen) atoms. The molecule has 3 heterocycles. The molecular weight excluding hydrogens is 1080 g/mol. The average molecular weight is 1130 g/mol. The number of rotatable bonds is 23. The van der Waals surface area contributed by atoms with Crippen molar-refractivity contribution < 1.29 is 74.9 Å². The first-order valence-electron chi connectivity index (χ1n) is 25.1. The Morgan fingerprint density at radius 3 is 2.09 bits per heavy atom. The lowest BCUT2D eigenvalue weighted by atomic mass is 9.90. The fourth-order valence-electron chi connectivity index (χ4n) is 9.13. The SMILES string of the molecule is COC(=O)CCC(NC(=O)C(Cc1cn(C)c2ccc(F)cc12)NC(=O)c1ccc(-c2c3cc(F)c(=O)cc-3oc3ccc(F)cc23)c(C=O)c1)C(=O)NC(Cc1cnc[nH]1)C(=O)NC(CC(=O)OC)C(=O)COC(=O)c1ccccc1. The average Bonchev–Trinajstić information content (AvgIpc) is 4.21. The summed E-state index contributed by atoms with van der Waals surface area (Å²) in [4.78, 5) is 141. The summed E-state index contributed by atoms with van der Waals surface area (Å²) in [6.07, 6.45) is 2.19. The normalized spacial score (nSPS) is 12.6. The molecule has 21 nitrogen and oxygen atoms in total. The number of aryl methyl sites for hydroxylation is 1. The van der Waals surface area contributed by atoms with Gasteiger partial charge in [-0.15, -0.1) is 0 Å². The molecule has 0 bridgehead atoms. The van der Waals surface area contributed by atoms with Crippen LogP contribution in [0.2, 0.25) is 0 Å². The van der Waals surface area contributed by atoms with E-state index in [-0.39, 0.29) is 68.6 Å². The van der Waals surface area contributed by atoms with E-state index in [2.05, 4.69) is 31.2 Å². The molecule has 0 fully saturated rings. The molecule has 8 rings (SSSR count). The summed E-state index contributed by atoms with van der Waals surface area (Å²) in [5.74, 6) is -10.3. The smallest absolute Gasteiger partial charge is 0.338 e. The number of nitrogens with zero attached hydrogens (tertiary/aromatic N) is 2. The van der Waals surface area contributed by atoms with Crippen LogP contribution in [0, 0.1) is 17.5 Å². The van der Waals surface area contributed by atoms with Crippen molar-refractivity contribution in [2.75, 3.05) is 20.8 Å². The van der Waals surface area contributed by atoms with Gasteiger partial charge in [-0.1, -0.05) is 24.3 Å². The van der Waals surface area contributed by atoms with E-state index < -0.39 is 120 Å². The summed E-state index contributed by atoms with van der Waals surface area (Å²) >= 11 is 0. The van der Waals surface area contributed by atoms with Crippen LogP contribution in [0.15, 0.2) is 125 Å². The lowest BCUT2D eigenvalue weighted by molar-refractivity contribution is -0.144. The fourth-order valence-corrected chi connectivity index (χ4v) is 9.13. The molecule has 4 amide bonds. The van der Waals surface area contributed by atoms with Crippen LogP contribution < -0.4 is 26.7 Å². The Balaban J connectivity index is 1.10. The third kappa shape index (κ3) is 13.6. The predicted octanol–water partition coefficient (Wildman–Crippen LogP) is 4.99. The Labute approximate surface area is 462 Å². The number of carbonyl (C=O) groups excluding carboxylic acids is 9. The van der Waals surface area contributed by atoms with Crippen LogP contribution in [0.1, 0.15) is 61.6 Å². The van der Waals surface area contributed by atoms with E-state index in [1.807, 2.05) is 0 Å². The zero-order chi connectivity index (χ0) is 58.8. The lowest BCUT2D eigenvalue weighted by Crippen LogP contribution is -2.58. The highest BCUT2D eigenvalue weighted by Crippen LogP contribution is 2.41. The van der Waals surface area contributed by atoms with Gasteiger partial charge in [0.2, 0.25) is 23.2 Å². The number of methoxy groups -OCH3 is 2. The number of aldehydes is 1. The second-order valence-corrected chi connectivity index (χ2v) is 18.7. The van der Waals surface area contributed by atoms with Crippen molar-refractivity contribution in [1.82, 2.24) is 35.8 Å². The molecule has 5 N–H and O–H groups in total. The monoisotopic (exact) mass is 1130 g/mol. The van der Waals surface area contributed by atoms with Crippen LogP contribution in [-0.4, -0.2) is 113 Å². The molecule has 1 aliphatic carbocycles. The second-order valence-electron chi connectivity index (χ2n) is 18.7. The van der Waals surface area contributed by atoms with Gasteiger partial charge in [0.15, 0.2) is 24.5 Å². The topological polar surface area (TPSA) is 293 Å². The molecule has 2 aromatic heterocycles. The number of ketones is 1. The summed E-state index contributed by atoms with van der Waals surface area (Å²) in [7, 11) is 3.78. The summed E-state index contributed by atoms with van der Waals surface area (Å²) in [5.41, 5.74) is 0.108. The minimum absolute atomic E-state index is 0.00494.